The Balaban J connectivity index is 2.68. The summed E-state index contributed by atoms with van der Waals surface area (Å²) < 4.78 is 0. The Labute approximate surface area is 115 Å². The maximum absolute atomic E-state index is 12.2. The lowest BCUT2D eigenvalue weighted by atomic mass is 9.91. The molecule has 0 saturated carbocycles. The second-order valence-corrected chi connectivity index (χ2v) is 6.48. The van der Waals surface area contributed by atoms with Crippen molar-refractivity contribution in [3.05, 3.63) is 0 Å². The molecule has 1 rings (SSSR count). The molecule has 2 amide bonds. The van der Waals surface area contributed by atoms with Crippen LogP contribution in [0.1, 0.15) is 47.0 Å². The third-order valence-electron chi connectivity index (χ3n) is 3.13. The molecular weight excluding hydrogens is 244 g/mol. The van der Waals surface area contributed by atoms with Crippen LogP contribution in [0, 0.1) is 5.41 Å². The van der Waals surface area contributed by atoms with Crippen molar-refractivity contribution in [2.75, 3.05) is 13.1 Å². The molecule has 5 heteroatoms. The lowest BCUT2D eigenvalue weighted by Crippen LogP contribution is -2.46. The van der Waals surface area contributed by atoms with Gasteiger partial charge in [0, 0.05) is 25.9 Å². The maximum Gasteiger partial charge on any atom is 0.242 e. The van der Waals surface area contributed by atoms with E-state index < -0.39 is 12.1 Å². The summed E-state index contributed by atoms with van der Waals surface area (Å²) >= 11 is 0. The number of likely N-dealkylation sites (tertiary alicyclic amines) is 1. The van der Waals surface area contributed by atoms with E-state index in [1.165, 1.54) is 4.90 Å². The summed E-state index contributed by atoms with van der Waals surface area (Å²) in [6, 6.07) is -0.517. The minimum Gasteiger partial charge on any atom is -0.391 e. The van der Waals surface area contributed by atoms with Crippen molar-refractivity contribution >= 4 is 11.8 Å². The number of hydrogen-bond donors (Lipinski definition) is 2. The summed E-state index contributed by atoms with van der Waals surface area (Å²) in [6.45, 7) is 8.81. The summed E-state index contributed by atoms with van der Waals surface area (Å²) in [4.78, 5) is 25.8. The molecule has 1 aliphatic rings. The van der Waals surface area contributed by atoms with Crippen LogP contribution in [0.25, 0.3) is 0 Å². The summed E-state index contributed by atoms with van der Waals surface area (Å²) in [6.07, 6.45) is 0.987. The van der Waals surface area contributed by atoms with Crippen molar-refractivity contribution in [3.63, 3.8) is 0 Å². The first-order valence-corrected chi connectivity index (χ1v) is 7.00. The predicted molar refractivity (Wildman–Crippen MR) is 73.5 cm³/mol. The Kier molecular flexibility index (Phi) is 5.35. The molecule has 5 nitrogen and oxygen atoms in total. The van der Waals surface area contributed by atoms with Gasteiger partial charge in [0.1, 0.15) is 6.04 Å². The van der Waals surface area contributed by atoms with Crippen molar-refractivity contribution in [1.29, 1.82) is 0 Å². The lowest BCUT2D eigenvalue weighted by molar-refractivity contribution is -0.139. The molecule has 0 bridgehead atoms. The largest absolute Gasteiger partial charge is 0.391 e. The van der Waals surface area contributed by atoms with Gasteiger partial charge in [-0.15, -0.1) is 0 Å². The van der Waals surface area contributed by atoms with Crippen molar-refractivity contribution in [2.45, 2.75) is 59.1 Å². The smallest absolute Gasteiger partial charge is 0.242 e. The average Bonchev–Trinajstić information content (AvgIpc) is 2.66. The molecule has 1 saturated heterocycles. The van der Waals surface area contributed by atoms with Crippen LogP contribution in [0.3, 0.4) is 0 Å². The van der Waals surface area contributed by atoms with Gasteiger partial charge in [-0.2, -0.15) is 0 Å². The van der Waals surface area contributed by atoms with E-state index in [9.17, 15) is 14.7 Å². The van der Waals surface area contributed by atoms with Crippen molar-refractivity contribution in [3.8, 4) is 0 Å². The van der Waals surface area contributed by atoms with Crippen molar-refractivity contribution < 1.29 is 14.7 Å². The third kappa shape index (κ3) is 4.82. The number of carbonyl (C=O) groups is 2. The van der Waals surface area contributed by atoms with Crippen molar-refractivity contribution in [2.24, 2.45) is 5.41 Å². The molecule has 0 aromatic heterocycles. The minimum atomic E-state index is -0.596. The van der Waals surface area contributed by atoms with Gasteiger partial charge in [0.15, 0.2) is 0 Å². The maximum atomic E-state index is 12.2. The molecule has 1 heterocycles. The molecule has 1 fully saturated rings. The number of nitrogens with zero attached hydrogens (tertiary/aromatic N) is 1. The van der Waals surface area contributed by atoms with Crippen LogP contribution in [0.15, 0.2) is 0 Å². The van der Waals surface area contributed by atoms with Crippen LogP contribution < -0.4 is 5.32 Å². The number of carbonyl (C=O) groups excluding carboxylic acids is 2. The number of aliphatic hydroxyl groups is 1. The number of nitrogens with one attached hydrogen (secondary N) is 1. The van der Waals surface area contributed by atoms with Gasteiger partial charge in [0.2, 0.25) is 11.8 Å². The van der Waals surface area contributed by atoms with Crippen LogP contribution in [-0.2, 0) is 9.59 Å². The number of aliphatic hydroxyl groups excluding tert-OH is 1. The van der Waals surface area contributed by atoms with E-state index in [1.807, 2.05) is 27.7 Å². The summed E-state index contributed by atoms with van der Waals surface area (Å²) in [5.41, 5.74) is -0.116. The Hall–Kier alpha value is -1.10. The van der Waals surface area contributed by atoms with E-state index in [2.05, 4.69) is 5.32 Å². The minimum absolute atomic E-state index is 0.0549. The molecule has 2 N–H and O–H groups in total. The predicted octanol–water partition coefficient (Wildman–Crippen LogP) is 0.911. The summed E-state index contributed by atoms with van der Waals surface area (Å²) in [5.74, 6) is -0.207. The van der Waals surface area contributed by atoms with Crippen LogP contribution in [0.5, 0.6) is 0 Å². The zero-order valence-corrected chi connectivity index (χ0v) is 12.4. The number of rotatable bonds is 4. The fraction of sp³-hybridized carbons (Fsp3) is 0.857. The molecular formula is C14H26N2O3. The first-order valence-electron chi connectivity index (χ1n) is 7.00. The highest BCUT2D eigenvalue weighted by Gasteiger charge is 2.39. The average molecular weight is 270 g/mol. The first kappa shape index (κ1) is 16.0. The molecule has 0 aromatic carbocycles. The van der Waals surface area contributed by atoms with E-state index in [-0.39, 0.29) is 23.8 Å². The number of hydrogen-bond acceptors (Lipinski definition) is 3. The Morgan fingerprint density at radius 3 is 2.53 bits per heavy atom. The Morgan fingerprint density at radius 2 is 2.00 bits per heavy atom. The number of β-amino-alcohol motifs (C(OH)–C–C–N with tert-alkyl or cyclic N) is 1. The second kappa shape index (κ2) is 6.37. The van der Waals surface area contributed by atoms with Gasteiger partial charge in [-0.3, -0.25) is 9.59 Å². The van der Waals surface area contributed by atoms with Crippen LogP contribution in [-0.4, -0.2) is 47.1 Å². The molecule has 0 spiro atoms. The van der Waals surface area contributed by atoms with Gasteiger partial charge in [-0.1, -0.05) is 27.7 Å². The number of amides is 2. The fourth-order valence-electron chi connectivity index (χ4n) is 2.26. The fourth-order valence-corrected chi connectivity index (χ4v) is 2.26. The van der Waals surface area contributed by atoms with Crippen molar-refractivity contribution in [1.82, 2.24) is 10.2 Å². The highest BCUT2D eigenvalue weighted by Crippen LogP contribution is 2.25. The zero-order valence-electron chi connectivity index (χ0n) is 12.4. The molecule has 1 unspecified atom stereocenters. The molecule has 110 valence electrons. The highest BCUT2D eigenvalue weighted by atomic mass is 16.3. The van der Waals surface area contributed by atoms with Crippen LogP contribution in [0.4, 0.5) is 0 Å². The molecule has 0 aliphatic carbocycles. The molecule has 0 radical (unpaired) electrons. The third-order valence-corrected chi connectivity index (χ3v) is 3.13. The second-order valence-electron chi connectivity index (χ2n) is 6.48. The summed E-state index contributed by atoms with van der Waals surface area (Å²) in [5, 5.41) is 12.5. The van der Waals surface area contributed by atoms with E-state index in [0.717, 1.165) is 6.42 Å². The summed E-state index contributed by atoms with van der Waals surface area (Å²) in [7, 11) is 0. The quantitative estimate of drug-likeness (QED) is 0.798. The monoisotopic (exact) mass is 270 g/mol. The van der Waals surface area contributed by atoms with Crippen LogP contribution in [0.2, 0.25) is 0 Å². The van der Waals surface area contributed by atoms with Gasteiger partial charge in [0.25, 0.3) is 0 Å². The molecule has 0 aromatic rings. The van der Waals surface area contributed by atoms with E-state index in [0.29, 0.717) is 19.4 Å². The van der Waals surface area contributed by atoms with E-state index in [1.54, 1.807) is 0 Å². The topological polar surface area (TPSA) is 69.6 Å². The van der Waals surface area contributed by atoms with E-state index >= 15 is 0 Å². The SMILES string of the molecule is CCCNC(=O)[C@@H]1CC(O)CN1C(=O)CC(C)(C)C. The van der Waals surface area contributed by atoms with Gasteiger partial charge >= 0.3 is 0 Å². The van der Waals surface area contributed by atoms with Gasteiger partial charge in [-0.05, 0) is 11.8 Å². The highest BCUT2D eigenvalue weighted by molar-refractivity contribution is 5.88. The molecule has 1 aliphatic heterocycles. The standard InChI is InChI=1S/C14H26N2O3/c1-5-6-15-13(19)11-7-10(17)9-16(11)12(18)8-14(2,3)4/h10-11,17H,5-9H2,1-4H3,(H,15,19)/t10?,11-/m0/s1. The first-order chi connectivity index (χ1) is 8.74. The van der Waals surface area contributed by atoms with Gasteiger partial charge < -0.3 is 15.3 Å². The van der Waals surface area contributed by atoms with E-state index in [4.69, 9.17) is 0 Å². The van der Waals surface area contributed by atoms with Gasteiger partial charge in [-0.25, -0.2) is 0 Å². The molecule has 2 atom stereocenters. The van der Waals surface area contributed by atoms with Crippen LogP contribution >= 0.6 is 0 Å². The molecule has 19 heavy (non-hydrogen) atoms. The Bertz CT molecular complexity index is 336. The lowest BCUT2D eigenvalue weighted by Gasteiger charge is -2.27. The Morgan fingerprint density at radius 1 is 1.37 bits per heavy atom. The normalized spacial score (nSPS) is 23.5. The van der Waals surface area contributed by atoms with Gasteiger partial charge in [0.05, 0.1) is 6.10 Å². The zero-order chi connectivity index (χ0) is 14.6.